The Kier molecular flexibility index (Phi) is 4.04. The van der Waals surface area contributed by atoms with Gasteiger partial charge in [0.05, 0.1) is 0 Å². The molecule has 3 rings (SSSR count). The van der Waals surface area contributed by atoms with Crippen molar-refractivity contribution >= 4 is 12.1 Å². The van der Waals surface area contributed by atoms with E-state index in [0.29, 0.717) is 12.5 Å². The van der Waals surface area contributed by atoms with Crippen molar-refractivity contribution in [3.05, 3.63) is 35.9 Å². The van der Waals surface area contributed by atoms with Gasteiger partial charge < -0.3 is 9.47 Å². The van der Waals surface area contributed by atoms with Crippen molar-refractivity contribution in [1.29, 1.82) is 0 Å². The van der Waals surface area contributed by atoms with Crippen LogP contribution in [-0.4, -0.2) is 35.2 Å². The number of piperidine rings is 1. The van der Waals surface area contributed by atoms with Crippen LogP contribution in [0.3, 0.4) is 0 Å². The Morgan fingerprint density at radius 2 is 1.91 bits per heavy atom. The fraction of sp³-hybridized carbons (Fsp3) is 0.556. The van der Waals surface area contributed by atoms with Crippen LogP contribution in [0.1, 0.15) is 32.8 Å². The van der Waals surface area contributed by atoms with Crippen molar-refractivity contribution in [3.8, 4) is 0 Å². The van der Waals surface area contributed by atoms with Gasteiger partial charge in [-0.25, -0.2) is 9.59 Å². The molecule has 23 heavy (non-hydrogen) atoms. The van der Waals surface area contributed by atoms with Gasteiger partial charge in [-0.3, -0.25) is 4.90 Å². The minimum Gasteiger partial charge on any atom is -0.459 e. The molecule has 1 aromatic carbocycles. The number of carbonyl (C=O) groups excluding carboxylic acids is 2. The van der Waals surface area contributed by atoms with Crippen molar-refractivity contribution in [1.82, 2.24) is 4.90 Å². The molecule has 1 saturated carbocycles. The van der Waals surface area contributed by atoms with Gasteiger partial charge in [-0.1, -0.05) is 30.3 Å². The molecule has 0 radical (unpaired) electrons. The van der Waals surface area contributed by atoms with Gasteiger partial charge in [0.25, 0.3) is 0 Å². The summed E-state index contributed by atoms with van der Waals surface area (Å²) in [4.78, 5) is 26.3. The molecule has 0 aromatic heterocycles. The first-order valence-electron chi connectivity index (χ1n) is 8.05. The van der Waals surface area contributed by atoms with Crippen LogP contribution in [0, 0.1) is 11.8 Å². The number of amides is 1. The van der Waals surface area contributed by atoms with Crippen LogP contribution in [-0.2, 0) is 20.9 Å². The molecular weight excluding hydrogens is 294 g/mol. The van der Waals surface area contributed by atoms with E-state index in [9.17, 15) is 9.59 Å². The molecule has 0 spiro atoms. The average molecular weight is 317 g/mol. The van der Waals surface area contributed by atoms with Crippen LogP contribution < -0.4 is 0 Å². The van der Waals surface area contributed by atoms with Gasteiger partial charge in [0.1, 0.15) is 18.2 Å². The SMILES string of the molecule is CC(C)(C)OC(=O)N1C[C@H]2C[C@H]2[C@H]1C(=O)OCc1ccccc1. The zero-order valence-electron chi connectivity index (χ0n) is 13.8. The van der Waals surface area contributed by atoms with Crippen LogP contribution in [0.4, 0.5) is 4.79 Å². The van der Waals surface area contributed by atoms with Crippen LogP contribution in [0.25, 0.3) is 0 Å². The molecule has 2 fully saturated rings. The molecule has 3 atom stereocenters. The van der Waals surface area contributed by atoms with E-state index in [1.54, 1.807) is 0 Å². The normalized spacial score (nSPS) is 25.7. The van der Waals surface area contributed by atoms with Gasteiger partial charge in [0.15, 0.2) is 0 Å². The summed E-state index contributed by atoms with van der Waals surface area (Å²) in [7, 11) is 0. The summed E-state index contributed by atoms with van der Waals surface area (Å²) in [6.45, 7) is 6.29. The van der Waals surface area contributed by atoms with Crippen molar-refractivity contribution in [2.45, 2.75) is 45.4 Å². The summed E-state index contributed by atoms with van der Waals surface area (Å²) in [6.07, 6.45) is 0.566. The summed E-state index contributed by atoms with van der Waals surface area (Å²) in [5.41, 5.74) is 0.373. The van der Waals surface area contributed by atoms with E-state index in [2.05, 4.69) is 0 Å². The third kappa shape index (κ3) is 3.66. The Hall–Kier alpha value is -2.04. The summed E-state index contributed by atoms with van der Waals surface area (Å²) in [5, 5.41) is 0. The van der Waals surface area contributed by atoms with Crippen molar-refractivity contribution in [2.24, 2.45) is 11.8 Å². The highest BCUT2D eigenvalue weighted by atomic mass is 16.6. The van der Waals surface area contributed by atoms with E-state index in [1.807, 2.05) is 51.1 Å². The summed E-state index contributed by atoms with van der Waals surface area (Å²) >= 11 is 0. The minimum absolute atomic E-state index is 0.228. The molecule has 0 bridgehead atoms. The number of fused-ring (bicyclic) bond motifs is 1. The molecule has 1 saturated heterocycles. The van der Waals surface area contributed by atoms with Gasteiger partial charge in [-0.2, -0.15) is 0 Å². The monoisotopic (exact) mass is 317 g/mol. The van der Waals surface area contributed by atoms with E-state index in [0.717, 1.165) is 12.0 Å². The fourth-order valence-corrected chi connectivity index (χ4v) is 3.09. The summed E-state index contributed by atoms with van der Waals surface area (Å²) < 4.78 is 10.8. The summed E-state index contributed by atoms with van der Waals surface area (Å²) in [5.74, 6) is 0.312. The van der Waals surface area contributed by atoms with Gasteiger partial charge in [0.2, 0.25) is 0 Å². The third-order valence-corrected chi connectivity index (χ3v) is 4.24. The van der Waals surface area contributed by atoms with Crippen LogP contribution in [0.2, 0.25) is 0 Å². The maximum Gasteiger partial charge on any atom is 0.411 e. The fourth-order valence-electron chi connectivity index (χ4n) is 3.09. The first kappa shape index (κ1) is 15.8. The number of esters is 1. The molecule has 1 aliphatic heterocycles. The van der Waals surface area contributed by atoms with Crippen LogP contribution in [0.5, 0.6) is 0 Å². The molecule has 5 nitrogen and oxygen atoms in total. The molecular formula is C18H23NO4. The van der Waals surface area contributed by atoms with Crippen LogP contribution >= 0.6 is 0 Å². The van der Waals surface area contributed by atoms with Gasteiger partial charge >= 0.3 is 12.1 Å². The quantitative estimate of drug-likeness (QED) is 0.804. The first-order valence-corrected chi connectivity index (χ1v) is 8.05. The smallest absolute Gasteiger partial charge is 0.411 e. The highest BCUT2D eigenvalue weighted by Crippen LogP contribution is 2.50. The molecule has 1 aromatic rings. The maximum absolute atomic E-state index is 12.5. The molecule has 124 valence electrons. The molecule has 1 amide bonds. The lowest BCUT2D eigenvalue weighted by Crippen LogP contribution is -2.46. The minimum atomic E-state index is -0.567. The zero-order chi connectivity index (χ0) is 16.6. The van der Waals surface area contributed by atoms with E-state index >= 15 is 0 Å². The second-order valence-electron chi connectivity index (χ2n) is 7.33. The predicted molar refractivity (Wildman–Crippen MR) is 84.6 cm³/mol. The maximum atomic E-state index is 12.5. The molecule has 0 N–H and O–H groups in total. The van der Waals surface area contributed by atoms with Gasteiger partial charge in [-0.15, -0.1) is 0 Å². The Morgan fingerprint density at radius 3 is 2.57 bits per heavy atom. The first-order chi connectivity index (χ1) is 10.8. The lowest BCUT2D eigenvalue weighted by atomic mass is 10.2. The van der Waals surface area contributed by atoms with Gasteiger partial charge in [-0.05, 0) is 44.6 Å². The molecule has 0 unspecified atom stereocenters. The molecule has 5 heteroatoms. The Morgan fingerprint density at radius 1 is 1.22 bits per heavy atom. The summed E-state index contributed by atoms with van der Waals surface area (Å²) in [6, 6.07) is 9.05. The largest absolute Gasteiger partial charge is 0.459 e. The standard InChI is InChI=1S/C18H23NO4/c1-18(2,3)23-17(21)19-10-13-9-14(13)15(19)16(20)22-11-12-7-5-4-6-8-12/h4-8,13-15H,9-11H2,1-3H3/t13-,14-,15+/m1/s1. The lowest BCUT2D eigenvalue weighted by Gasteiger charge is -2.29. The highest BCUT2D eigenvalue weighted by Gasteiger charge is 2.58. The molecule has 1 heterocycles. The average Bonchev–Trinajstić information content (AvgIpc) is 3.14. The predicted octanol–water partition coefficient (Wildman–Crippen LogP) is 2.99. The zero-order valence-corrected chi connectivity index (χ0v) is 13.8. The molecule has 2 aliphatic rings. The van der Waals surface area contributed by atoms with Crippen LogP contribution in [0.15, 0.2) is 30.3 Å². The van der Waals surface area contributed by atoms with E-state index in [1.165, 1.54) is 4.90 Å². The lowest BCUT2D eigenvalue weighted by molar-refractivity contribution is -0.151. The topological polar surface area (TPSA) is 55.8 Å². The highest BCUT2D eigenvalue weighted by molar-refractivity contribution is 5.83. The number of carbonyl (C=O) groups is 2. The number of nitrogens with zero attached hydrogens (tertiary/aromatic N) is 1. The Bertz CT molecular complexity index is 593. The number of benzene rings is 1. The van der Waals surface area contributed by atoms with E-state index < -0.39 is 17.7 Å². The van der Waals surface area contributed by atoms with Crippen molar-refractivity contribution in [2.75, 3.05) is 6.54 Å². The Balaban J connectivity index is 1.62. The number of rotatable bonds is 3. The second-order valence-corrected chi connectivity index (χ2v) is 7.33. The second kappa shape index (κ2) is 5.87. The number of ether oxygens (including phenoxy) is 2. The van der Waals surface area contributed by atoms with Crippen molar-refractivity contribution in [3.63, 3.8) is 0 Å². The molecule has 1 aliphatic carbocycles. The number of hydrogen-bond acceptors (Lipinski definition) is 4. The van der Waals surface area contributed by atoms with Crippen molar-refractivity contribution < 1.29 is 19.1 Å². The number of likely N-dealkylation sites (tertiary alicyclic amines) is 1. The Labute approximate surface area is 136 Å². The van der Waals surface area contributed by atoms with Gasteiger partial charge in [0, 0.05) is 6.54 Å². The van der Waals surface area contributed by atoms with E-state index in [-0.39, 0.29) is 18.5 Å². The van der Waals surface area contributed by atoms with E-state index in [4.69, 9.17) is 9.47 Å². The number of hydrogen-bond donors (Lipinski definition) is 0. The third-order valence-electron chi connectivity index (χ3n) is 4.24.